The quantitative estimate of drug-likeness (QED) is 0.828. The molecule has 0 radical (unpaired) electrons. The predicted octanol–water partition coefficient (Wildman–Crippen LogP) is 3.84. The average molecular weight is 279 g/mol. The Kier molecular flexibility index (Phi) is 5.33. The maximum Gasteiger partial charge on any atom is 0.244 e. The molecule has 0 aromatic heterocycles. The molecule has 0 bridgehead atoms. The molecule has 1 N–H and O–H groups in total. The lowest BCUT2D eigenvalue weighted by molar-refractivity contribution is -0.117. The highest BCUT2D eigenvalue weighted by molar-refractivity contribution is 5.94. The molecule has 0 saturated carbocycles. The summed E-state index contributed by atoms with van der Waals surface area (Å²) >= 11 is 0. The van der Waals surface area contributed by atoms with E-state index in [2.05, 4.69) is 17.4 Å². The monoisotopic (exact) mass is 279 g/mol. The van der Waals surface area contributed by atoms with Gasteiger partial charge in [-0.3, -0.25) is 4.79 Å². The molecular formula is C19H21NO. The van der Waals surface area contributed by atoms with E-state index in [9.17, 15) is 4.79 Å². The van der Waals surface area contributed by atoms with Crippen molar-refractivity contribution in [2.75, 3.05) is 0 Å². The van der Waals surface area contributed by atoms with E-state index in [4.69, 9.17) is 0 Å². The molecule has 1 amide bonds. The molecule has 2 aromatic rings. The van der Waals surface area contributed by atoms with Gasteiger partial charge in [-0.25, -0.2) is 0 Å². The zero-order valence-electron chi connectivity index (χ0n) is 12.5. The maximum atomic E-state index is 12.0. The number of hydrogen-bond acceptors (Lipinski definition) is 1. The Labute approximate surface area is 126 Å². The van der Waals surface area contributed by atoms with Gasteiger partial charge in [0.25, 0.3) is 0 Å². The second-order valence-electron chi connectivity index (χ2n) is 5.29. The van der Waals surface area contributed by atoms with Crippen molar-refractivity contribution in [1.82, 2.24) is 5.32 Å². The van der Waals surface area contributed by atoms with E-state index in [1.54, 1.807) is 6.08 Å². The van der Waals surface area contributed by atoms with E-state index in [1.165, 1.54) is 5.56 Å². The minimum atomic E-state index is -0.0419. The molecule has 21 heavy (non-hydrogen) atoms. The first-order valence-corrected chi connectivity index (χ1v) is 7.23. The van der Waals surface area contributed by atoms with E-state index >= 15 is 0 Å². The van der Waals surface area contributed by atoms with Crippen LogP contribution in [0.15, 0.2) is 66.7 Å². The van der Waals surface area contributed by atoms with E-state index in [-0.39, 0.29) is 11.9 Å². The fourth-order valence-corrected chi connectivity index (χ4v) is 2.28. The Morgan fingerprint density at radius 3 is 2.24 bits per heavy atom. The first-order chi connectivity index (χ1) is 10.1. The third-order valence-corrected chi connectivity index (χ3v) is 3.35. The van der Waals surface area contributed by atoms with Crippen molar-refractivity contribution in [3.63, 3.8) is 0 Å². The molecule has 2 nitrogen and oxygen atoms in total. The van der Waals surface area contributed by atoms with Crippen LogP contribution in [0.5, 0.6) is 0 Å². The molecule has 0 aliphatic heterocycles. The van der Waals surface area contributed by atoms with Crippen molar-refractivity contribution in [3.8, 4) is 0 Å². The maximum absolute atomic E-state index is 12.0. The molecule has 0 spiro atoms. The second-order valence-corrected chi connectivity index (χ2v) is 5.29. The summed E-state index contributed by atoms with van der Waals surface area (Å²) < 4.78 is 0. The van der Waals surface area contributed by atoms with Crippen LogP contribution in [0.3, 0.4) is 0 Å². The molecule has 1 unspecified atom stereocenters. The second kappa shape index (κ2) is 7.44. The average Bonchev–Trinajstić information content (AvgIpc) is 2.48. The summed E-state index contributed by atoms with van der Waals surface area (Å²) in [5.74, 6) is -0.0419. The van der Waals surface area contributed by atoms with Gasteiger partial charge in [0.15, 0.2) is 0 Å². The van der Waals surface area contributed by atoms with Crippen molar-refractivity contribution < 1.29 is 4.79 Å². The number of rotatable bonds is 5. The van der Waals surface area contributed by atoms with Gasteiger partial charge in [0.05, 0.1) is 0 Å². The van der Waals surface area contributed by atoms with E-state index in [1.807, 2.05) is 62.4 Å². The van der Waals surface area contributed by atoms with E-state index in [0.29, 0.717) is 0 Å². The predicted molar refractivity (Wildman–Crippen MR) is 87.8 cm³/mol. The number of carbonyl (C=O) groups is 1. The van der Waals surface area contributed by atoms with Crippen LogP contribution in [0.1, 0.15) is 25.0 Å². The summed E-state index contributed by atoms with van der Waals surface area (Å²) in [6.45, 7) is 3.98. The van der Waals surface area contributed by atoms with Gasteiger partial charge in [0.2, 0.25) is 5.91 Å². The molecule has 0 aliphatic rings. The van der Waals surface area contributed by atoms with Gasteiger partial charge in [0.1, 0.15) is 0 Å². The van der Waals surface area contributed by atoms with Crippen LogP contribution in [0.25, 0.3) is 5.57 Å². The summed E-state index contributed by atoms with van der Waals surface area (Å²) in [5.41, 5.74) is 3.28. The number of carbonyl (C=O) groups excluding carboxylic acids is 1. The standard InChI is InChI=1S/C19H21NO/c1-15(18-11-7-4-8-12-18)13-19(21)20-16(2)14-17-9-5-3-6-10-17/h3-13,16H,14H2,1-2H3,(H,20,21)/b15-13-. The zero-order chi connectivity index (χ0) is 15.1. The summed E-state index contributed by atoms with van der Waals surface area (Å²) in [6.07, 6.45) is 2.50. The fourth-order valence-electron chi connectivity index (χ4n) is 2.28. The van der Waals surface area contributed by atoms with Gasteiger partial charge in [-0.2, -0.15) is 0 Å². The van der Waals surface area contributed by atoms with Gasteiger partial charge in [-0.1, -0.05) is 60.7 Å². The van der Waals surface area contributed by atoms with Crippen LogP contribution in [0.2, 0.25) is 0 Å². The lowest BCUT2D eigenvalue weighted by atomic mass is 10.1. The van der Waals surface area contributed by atoms with E-state index < -0.39 is 0 Å². The lowest BCUT2D eigenvalue weighted by Gasteiger charge is -2.13. The minimum absolute atomic E-state index is 0.0419. The first-order valence-electron chi connectivity index (χ1n) is 7.23. The van der Waals surface area contributed by atoms with Crippen molar-refractivity contribution in [3.05, 3.63) is 77.9 Å². The first kappa shape index (κ1) is 15.0. The van der Waals surface area contributed by atoms with Crippen molar-refractivity contribution in [2.45, 2.75) is 26.3 Å². The normalized spacial score (nSPS) is 12.8. The van der Waals surface area contributed by atoms with Crippen LogP contribution < -0.4 is 5.32 Å². The van der Waals surface area contributed by atoms with Gasteiger partial charge in [-0.05, 0) is 37.0 Å². The zero-order valence-corrected chi connectivity index (χ0v) is 12.5. The Morgan fingerprint density at radius 2 is 1.62 bits per heavy atom. The fraction of sp³-hybridized carbons (Fsp3) is 0.211. The lowest BCUT2D eigenvalue weighted by Crippen LogP contribution is -2.32. The third kappa shape index (κ3) is 4.92. The van der Waals surface area contributed by atoms with Gasteiger partial charge in [0, 0.05) is 12.1 Å². The molecule has 0 saturated heterocycles. The Balaban J connectivity index is 1.92. The summed E-state index contributed by atoms with van der Waals surface area (Å²) in [7, 11) is 0. The minimum Gasteiger partial charge on any atom is -0.350 e. The van der Waals surface area contributed by atoms with Gasteiger partial charge < -0.3 is 5.32 Å². The third-order valence-electron chi connectivity index (χ3n) is 3.35. The number of nitrogens with one attached hydrogen (secondary N) is 1. The van der Waals surface area contributed by atoms with Gasteiger partial charge >= 0.3 is 0 Å². The molecule has 0 fully saturated rings. The topological polar surface area (TPSA) is 29.1 Å². The highest BCUT2D eigenvalue weighted by Gasteiger charge is 2.06. The van der Waals surface area contributed by atoms with Crippen LogP contribution in [0.4, 0.5) is 0 Å². The van der Waals surface area contributed by atoms with E-state index in [0.717, 1.165) is 17.6 Å². The highest BCUT2D eigenvalue weighted by Crippen LogP contribution is 2.12. The molecule has 108 valence electrons. The number of hydrogen-bond donors (Lipinski definition) is 1. The number of amides is 1. The summed E-state index contributed by atoms with van der Waals surface area (Å²) in [4.78, 5) is 12.0. The van der Waals surface area contributed by atoms with Crippen molar-refractivity contribution in [2.24, 2.45) is 0 Å². The SMILES string of the molecule is C/C(=C/C(=O)NC(C)Cc1ccccc1)c1ccccc1. The van der Waals surface area contributed by atoms with Crippen molar-refractivity contribution in [1.29, 1.82) is 0 Å². The van der Waals surface area contributed by atoms with Crippen molar-refractivity contribution >= 4 is 11.5 Å². The molecule has 0 heterocycles. The molecule has 2 aromatic carbocycles. The van der Waals surface area contributed by atoms with Crippen LogP contribution in [-0.4, -0.2) is 11.9 Å². The van der Waals surface area contributed by atoms with Crippen LogP contribution in [0, 0.1) is 0 Å². The molecule has 1 atom stereocenters. The summed E-state index contributed by atoms with van der Waals surface area (Å²) in [6, 6.07) is 20.2. The van der Waals surface area contributed by atoms with Crippen LogP contribution >= 0.6 is 0 Å². The molecule has 2 rings (SSSR count). The Hall–Kier alpha value is -2.35. The van der Waals surface area contributed by atoms with Crippen LogP contribution in [-0.2, 0) is 11.2 Å². The highest BCUT2D eigenvalue weighted by atomic mass is 16.1. The molecule has 0 aliphatic carbocycles. The van der Waals surface area contributed by atoms with Gasteiger partial charge in [-0.15, -0.1) is 0 Å². The smallest absolute Gasteiger partial charge is 0.244 e. The molecular weight excluding hydrogens is 258 g/mol. The number of allylic oxidation sites excluding steroid dienone is 1. The number of benzene rings is 2. The summed E-state index contributed by atoms with van der Waals surface area (Å²) in [5, 5.41) is 3.01. The molecule has 2 heteroatoms. The largest absolute Gasteiger partial charge is 0.350 e. The Morgan fingerprint density at radius 1 is 1.05 bits per heavy atom. The Bertz CT molecular complexity index is 602.